The summed E-state index contributed by atoms with van der Waals surface area (Å²) in [6, 6.07) is 0.493. The number of thioether (sulfide) groups is 1. The third-order valence-electron chi connectivity index (χ3n) is 2.29. The van der Waals surface area contributed by atoms with Crippen LogP contribution in [-0.4, -0.2) is 48.1 Å². The van der Waals surface area contributed by atoms with Gasteiger partial charge in [0, 0.05) is 29.8 Å². The Kier molecular flexibility index (Phi) is 11.0. The normalized spacial score (nSPS) is 14.4. The molecular weight excluding hydrogens is 232 g/mol. The maximum Gasteiger partial charge on any atom is 0.0521 e. The van der Waals surface area contributed by atoms with Gasteiger partial charge in [-0.3, -0.25) is 4.99 Å². The van der Waals surface area contributed by atoms with Crippen molar-refractivity contribution >= 4 is 17.5 Å². The lowest BCUT2D eigenvalue weighted by atomic mass is 10.1. The number of nitrogens with zero attached hydrogens (tertiary/aromatic N) is 1. The van der Waals surface area contributed by atoms with E-state index >= 15 is 0 Å². The minimum absolute atomic E-state index is 0.274. The quantitative estimate of drug-likeness (QED) is 0.467. The van der Waals surface area contributed by atoms with E-state index in [0.29, 0.717) is 12.0 Å². The van der Waals surface area contributed by atoms with Crippen molar-refractivity contribution in [1.82, 2.24) is 5.32 Å². The predicted molar refractivity (Wildman–Crippen MR) is 79.3 cm³/mol. The van der Waals surface area contributed by atoms with Crippen LogP contribution in [0, 0.1) is 5.92 Å². The number of rotatable bonds is 10. The van der Waals surface area contributed by atoms with Crippen LogP contribution < -0.4 is 5.32 Å². The van der Waals surface area contributed by atoms with E-state index in [1.165, 1.54) is 5.71 Å². The number of aliphatic hydroxyl groups is 1. The van der Waals surface area contributed by atoms with Gasteiger partial charge in [0.1, 0.15) is 0 Å². The lowest BCUT2D eigenvalue weighted by molar-refractivity contribution is 0.322. The van der Waals surface area contributed by atoms with Crippen LogP contribution in [0.15, 0.2) is 4.99 Å². The van der Waals surface area contributed by atoms with Crippen LogP contribution in [0.1, 0.15) is 34.1 Å². The van der Waals surface area contributed by atoms with Gasteiger partial charge in [-0.15, -0.1) is 0 Å². The Morgan fingerprint density at radius 3 is 2.65 bits per heavy atom. The molecule has 0 aromatic rings. The van der Waals surface area contributed by atoms with Gasteiger partial charge in [-0.05, 0) is 26.2 Å². The van der Waals surface area contributed by atoms with Gasteiger partial charge in [0.15, 0.2) is 0 Å². The molecule has 0 aromatic carbocycles. The smallest absolute Gasteiger partial charge is 0.0521 e. The fraction of sp³-hybridized carbons (Fsp3) is 0.923. The molecule has 1 unspecified atom stereocenters. The zero-order valence-electron chi connectivity index (χ0n) is 11.7. The Bertz CT molecular complexity index is 208. The van der Waals surface area contributed by atoms with Gasteiger partial charge >= 0.3 is 0 Å². The van der Waals surface area contributed by atoms with Gasteiger partial charge in [-0.25, -0.2) is 0 Å². The molecule has 4 heteroatoms. The Morgan fingerprint density at radius 2 is 2.06 bits per heavy atom. The first-order valence-electron chi connectivity index (χ1n) is 6.48. The SMILES string of the molecule is CC(CC(C)C)=NCCNC(C)CSCCO. The molecule has 0 spiro atoms. The lowest BCUT2D eigenvalue weighted by Crippen LogP contribution is -2.30. The standard InChI is InChI=1S/C13H28N2OS/c1-11(2)9-12(3)14-5-6-15-13(4)10-17-8-7-16/h11,13,15-16H,5-10H2,1-4H3. The summed E-state index contributed by atoms with van der Waals surface area (Å²) in [6.45, 7) is 10.8. The first-order valence-corrected chi connectivity index (χ1v) is 7.63. The molecule has 0 aliphatic rings. The summed E-state index contributed by atoms with van der Waals surface area (Å²) in [4.78, 5) is 4.54. The summed E-state index contributed by atoms with van der Waals surface area (Å²) in [7, 11) is 0. The molecule has 2 N–H and O–H groups in total. The summed E-state index contributed by atoms with van der Waals surface area (Å²) in [5.74, 6) is 2.58. The molecule has 0 bridgehead atoms. The van der Waals surface area contributed by atoms with E-state index < -0.39 is 0 Å². The molecule has 17 heavy (non-hydrogen) atoms. The van der Waals surface area contributed by atoms with E-state index in [1.54, 1.807) is 11.8 Å². The number of aliphatic hydroxyl groups excluding tert-OH is 1. The number of aliphatic imine (C=N–C) groups is 1. The van der Waals surface area contributed by atoms with Crippen molar-refractivity contribution in [3.63, 3.8) is 0 Å². The second kappa shape index (κ2) is 11.1. The molecule has 0 fully saturated rings. The average molecular weight is 260 g/mol. The van der Waals surface area contributed by atoms with Crippen LogP contribution in [0.5, 0.6) is 0 Å². The zero-order valence-corrected chi connectivity index (χ0v) is 12.5. The molecule has 0 saturated carbocycles. The molecule has 0 heterocycles. The van der Waals surface area contributed by atoms with Crippen molar-refractivity contribution in [2.24, 2.45) is 10.9 Å². The monoisotopic (exact) mass is 260 g/mol. The summed E-state index contributed by atoms with van der Waals surface area (Å²) in [5.41, 5.74) is 1.25. The Hall–Kier alpha value is -0.0600. The van der Waals surface area contributed by atoms with E-state index in [0.717, 1.165) is 31.0 Å². The first kappa shape index (κ1) is 16.9. The zero-order chi connectivity index (χ0) is 13.1. The van der Waals surface area contributed by atoms with E-state index in [4.69, 9.17) is 5.11 Å². The highest BCUT2D eigenvalue weighted by atomic mass is 32.2. The summed E-state index contributed by atoms with van der Waals surface area (Å²) in [5, 5.41) is 12.1. The highest BCUT2D eigenvalue weighted by Crippen LogP contribution is 2.02. The third kappa shape index (κ3) is 12.2. The van der Waals surface area contributed by atoms with Crippen LogP contribution in [-0.2, 0) is 0 Å². The molecular formula is C13H28N2OS. The van der Waals surface area contributed by atoms with Crippen molar-refractivity contribution in [2.45, 2.75) is 40.2 Å². The van der Waals surface area contributed by atoms with E-state index in [2.05, 4.69) is 38.0 Å². The molecule has 0 aromatic heterocycles. The highest BCUT2D eigenvalue weighted by molar-refractivity contribution is 7.99. The lowest BCUT2D eigenvalue weighted by Gasteiger charge is -2.12. The van der Waals surface area contributed by atoms with Gasteiger partial charge in [0.2, 0.25) is 0 Å². The second-order valence-corrected chi connectivity index (χ2v) is 6.02. The molecule has 3 nitrogen and oxygen atoms in total. The number of hydrogen-bond acceptors (Lipinski definition) is 4. The van der Waals surface area contributed by atoms with Crippen molar-refractivity contribution in [3.05, 3.63) is 0 Å². The minimum Gasteiger partial charge on any atom is -0.396 e. The van der Waals surface area contributed by atoms with Gasteiger partial charge in [-0.1, -0.05) is 13.8 Å². The topological polar surface area (TPSA) is 44.6 Å². The minimum atomic E-state index is 0.274. The molecule has 0 rings (SSSR count). The number of hydrogen-bond donors (Lipinski definition) is 2. The molecule has 102 valence electrons. The second-order valence-electron chi connectivity index (χ2n) is 4.87. The Morgan fingerprint density at radius 1 is 1.35 bits per heavy atom. The van der Waals surface area contributed by atoms with E-state index in [-0.39, 0.29) is 6.61 Å². The van der Waals surface area contributed by atoms with Gasteiger partial charge in [0.25, 0.3) is 0 Å². The van der Waals surface area contributed by atoms with Crippen LogP contribution >= 0.6 is 11.8 Å². The molecule has 1 atom stereocenters. The molecule has 0 aliphatic carbocycles. The van der Waals surface area contributed by atoms with E-state index in [9.17, 15) is 0 Å². The maximum atomic E-state index is 8.67. The molecule has 0 aliphatic heterocycles. The summed E-state index contributed by atoms with van der Waals surface area (Å²) < 4.78 is 0. The van der Waals surface area contributed by atoms with Gasteiger partial charge in [-0.2, -0.15) is 11.8 Å². The van der Waals surface area contributed by atoms with Gasteiger partial charge in [0.05, 0.1) is 13.2 Å². The number of nitrogens with one attached hydrogen (secondary N) is 1. The third-order valence-corrected chi connectivity index (χ3v) is 3.50. The van der Waals surface area contributed by atoms with Crippen LogP contribution in [0.3, 0.4) is 0 Å². The van der Waals surface area contributed by atoms with E-state index in [1.807, 2.05) is 0 Å². The summed E-state index contributed by atoms with van der Waals surface area (Å²) in [6.07, 6.45) is 1.10. The Balaban J connectivity index is 3.49. The largest absolute Gasteiger partial charge is 0.396 e. The Labute approximate surface area is 110 Å². The van der Waals surface area contributed by atoms with Crippen molar-refractivity contribution in [1.29, 1.82) is 0 Å². The van der Waals surface area contributed by atoms with Crippen LogP contribution in [0.25, 0.3) is 0 Å². The van der Waals surface area contributed by atoms with Crippen molar-refractivity contribution in [3.8, 4) is 0 Å². The average Bonchev–Trinajstić information content (AvgIpc) is 2.24. The molecule has 0 radical (unpaired) electrons. The van der Waals surface area contributed by atoms with Gasteiger partial charge < -0.3 is 10.4 Å². The molecule has 0 saturated heterocycles. The van der Waals surface area contributed by atoms with Crippen molar-refractivity contribution in [2.75, 3.05) is 31.2 Å². The van der Waals surface area contributed by atoms with Crippen LogP contribution in [0.4, 0.5) is 0 Å². The molecule has 0 amide bonds. The van der Waals surface area contributed by atoms with Crippen molar-refractivity contribution < 1.29 is 5.11 Å². The van der Waals surface area contributed by atoms with Crippen LogP contribution in [0.2, 0.25) is 0 Å². The highest BCUT2D eigenvalue weighted by Gasteiger charge is 2.00. The fourth-order valence-electron chi connectivity index (χ4n) is 1.60. The summed E-state index contributed by atoms with van der Waals surface area (Å²) >= 11 is 1.79. The maximum absolute atomic E-state index is 8.67. The predicted octanol–water partition coefficient (Wildman–Crippen LogP) is 2.20. The fourth-order valence-corrected chi connectivity index (χ4v) is 2.36. The first-order chi connectivity index (χ1) is 8.06.